The predicted molar refractivity (Wildman–Crippen MR) is 95.7 cm³/mol. The molecular weight excluding hydrogens is 358 g/mol. The average Bonchev–Trinajstić information content (AvgIpc) is 2.48. The first kappa shape index (κ1) is 16.0. The van der Waals surface area contributed by atoms with Crippen LogP contribution < -0.4 is 16.4 Å². The zero-order valence-electron chi connectivity index (χ0n) is 13.1. The van der Waals surface area contributed by atoms with Gasteiger partial charge in [0.2, 0.25) is 11.9 Å². The van der Waals surface area contributed by atoms with E-state index in [1.54, 1.807) is 13.0 Å². The van der Waals surface area contributed by atoms with Gasteiger partial charge in [0.05, 0.1) is 5.69 Å². The molecule has 23 heavy (non-hydrogen) atoms. The third kappa shape index (κ3) is 2.85. The second kappa shape index (κ2) is 5.96. The highest BCUT2D eigenvalue weighted by molar-refractivity contribution is 9.10. The monoisotopic (exact) mass is 377 g/mol. The first-order valence-electron chi connectivity index (χ1n) is 7.73. The van der Waals surface area contributed by atoms with Crippen LogP contribution in [0, 0.1) is 0 Å². The first-order chi connectivity index (χ1) is 10.9. The van der Waals surface area contributed by atoms with Crippen LogP contribution in [0.25, 0.3) is 0 Å². The Labute approximate surface area is 143 Å². The maximum atomic E-state index is 11.8. The van der Waals surface area contributed by atoms with Crippen molar-refractivity contribution in [2.24, 2.45) is 21.5 Å². The van der Waals surface area contributed by atoms with Crippen molar-refractivity contribution in [3.63, 3.8) is 0 Å². The molecule has 0 bridgehead atoms. The number of rotatable bonds is 2. The smallest absolute Gasteiger partial charge is 0.220 e. The van der Waals surface area contributed by atoms with Gasteiger partial charge in [-0.25, -0.2) is 4.99 Å². The summed E-state index contributed by atoms with van der Waals surface area (Å²) in [5.74, 6) is 0.548. The van der Waals surface area contributed by atoms with Crippen LogP contribution in [-0.2, 0) is 0 Å². The Kier molecular flexibility index (Phi) is 4.14. The van der Waals surface area contributed by atoms with Crippen molar-refractivity contribution in [2.75, 3.05) is 4.90 Å². The Morgan fingerprint density at radius 3 is 2.61 bits per heavy atom. The van der Waals surface area contributed by atoms with Gasteiger partial charge in [0.1, 0.15) is 5.66 Å². The van der Waals surface area contributed by atoms with E-state index in [0.717, 1.165) is 35.8 Å². The highest BCUT2D eigenvalue weighted by atomic mass is 79.9. The number of nitrogens with zero attached hydrogens (tertiary/aromatic N) is 3. The minimum Gasteiger partial charge on any atom is -0.369 e. The van der Waals surface area contributed by atoms with E-state index >= 15 is 0 Å². The van der Waals surface area contributed by atoms with E-state index < -0.39 is 5.66 Å². The third-order valence-corrected chi connectivity index (χ3v) is 5.12. The number of benzene rings is 1. The summed E-state index contributed by atoms with van der Waals surface area (Å²) in [7, 11) is 0. The van der Waals surface area contributed by atoms with Crippen molar-refractivity contribution in [3.8, 4) is 0 Å². The summed E-state index contributed by atoms with van der Waals surface area (Å²) in [6.45, 7) is 1.55. The quantitative estimate of drug-likeness (QED) is 0.774. The largest absolute Gasteiger partial charge is 0.369 e. The molecule has 0 aromatic heterocycles. The number of hydrogen-bond donors (Lipinski definition) is 2. The van der Waals surface area contributed by atoms with Crippen molar-refractivity contribution in [1.29, 1.82) is 0 Å². The molecule has 2 aliphatic rings. The van der Waals surface area contributed by atoms with Crippen LogP contribution in [0.5, 0.6) is 0 Å². The molecule has 7 heteroatoms. The van der Waals surface area contributed by atoms with Gasteiger partial charge >= 0.3 is 0 Å². The fraction of sp³-hybridized carbons (Fsp3) is 0.438. The summed E-state index contributed by atoms with van der Waals surface area (Å²) in [5, 5.41) is 0. The van der Waals surface area contributed by atoms with Crippen LogP contribution in [0.4, 0.5) is 5.69 Å². The van der Waals surface area contributed by atoms with Crippen LogP contribution >= 0.6 is 15.9 Å². The summed E-state index contributed by atoms with van der Waals surface area (Å²) >= 11 is 3.56. The van der Waals surface area contributed by atoms with Crippen LogP contribution in [0.3, 0.4) is 0 Å². The summed E-state index contributed by atoms with van der Waals surface area (Å²) in [6.07, 6.45) is 5.02. The van der Waals surface area contributed by atoms with Gasteiger partial charge < -0.3 is 11.5 Å². The molecule has 0 unspecified atom stereocenters. The number of ketones is 1. The molecule has 1 aromatic rings. The third-order valence-electron chi connectivity index (χ3n) is 4.44. The van der Waals surface area contributed by atoms with E-state index in [9.17, 15) is 4.79 Å². The topological polar surface area (TPSA) is 97.1 Å². The van der Waals surface area contributed by atoms with Gasteiger partial charge in [-0.1, -0.05) is 12.5 Å². The van der Waals surface area contributed by atoms with E-state index in [0.29, 0.717) is 11.5 Å². The Balaban J connectivity index is 2.14. The summed E-state index contributed by atoms with van der Waals surface area (Å²) in [5.41, 5.74) is 13.0. The molecule has 4 N–H and O–H groups in total. The maximum Gasteiger partial charge on any atom is 0.220 e. The minimum atomic E-state index is -0.508. The number of aliphatic imine (C=N–C) groups is 2. The number of anilines is 1. The van der Waals surface area contributed by atoms with Crippen LogP contribution in [0.15, 0.2) is 32.7 Å². The summed E-state index contributed by atoms with van der Waals surface area (Å²) in [6, 6.07) is 5.48. The van der Waals surface area contributed by atoms with E-state index in [2.05, 4.69) is 25.9 Å². The molecular formula is C16H20BrN5O. The Morgan fingerprint density at radius 2 is 1.96 bits per heavy atom. The molecule has 1 aliphatic heterocycles. The normalized spacial score (nSPS) is 20.2. The van der Waals surface area contributed by atoms with Gasteiger partial charge in [-0.2, -0.15) is 4.99 Å². The lowest BCUT2D eigenvalue weighted by atomic mass is 9.87. The molecule has 1 saturated carbocycles. The Hall–Kier alpha value is -1.89. The van der Waals surface area contributed by atoms with Gasteiger partial charge in [0.15, 0.2) is 5.78 Å². The van der Waals surface area contributed by atoms with Gasteiger partial charge in [0.25, 0.3) is 0 Å². The summed E-state index contributed by atoms with van der Waals surface area (Å²) < 4.78 is 0.848. The minimum absolute atomic E-state index is 0.00646. The number of nitrogens with two attached hydrogens (primary N) is 2. The van der Waals surface area contributed by atoms with E-state index in [1.165, 1.54) is 6.42 Å². The highest BCUT2D eigenvalue weighted by Crippen LogP contribution is 2.42. The zero-order valence-corrected chi connectivity index (χ0v) is 14.6. The fourth-order valence-corrected chi connectivity index (χ4v) is 3.80. The van der Waals surface area contributed by atoms with Gasteiger partial charge in [-0.05, 0) is 60.7 Å². The number of carbonyl (C=O) groups is 1. The lowest BCUT2D eigenvalue weighted by Gasteiger charge is -2.46. The van der Waals surface area contributed by atoms with E-state index in [1.807, 2.05) is 17.0 Å². The Morgan fingerprint density at radius 1 is 1.26 bits per heavy atom. The first-order valence-corrected chi connectivity index (χ1v) is 8.52. The lowest BCUT2D eigenvalue weighted by Crippen LogP contribution is -2.58. The number of halogens is 1. The molecule has 0 saturated heterocycles. The van der Waals surface area contributed by atoms with Gasteiger partial charge in [0, 0.05) is 10.0 Å². The second-order valence-corrected chi connectivity index (χ2v) is 6.90. The van der Waals surface area contributed by atoms with Crippen molar-refractivity contribution in [2.45, 2.75) is 44.7 Å². The molecule has 122 valence electrons. The molecule has 1 aliphatic carbocycles. The van der Waals surface area contributed by atoms with Crippen molar-refractivity contribution < 1.29 is 4.79 Å². The maximum absolute atomic E-state index is 11.8. The van der Waals surface area contributed by atoms with Crippen LogP contribution in [0.1, 0.15) is 49.4 Å². The standard InChI is InChI=1S/C16H20BrN5O/c1-10(23)11-5-6-12(17)13(9-11)22-15(19)20-14(18)21-16(22)7-3-2-4-8-16/h5-6,9H,2-4,7-8H2,1H3,(H4,18,19,20,21). The lowest BCUT2D eigenvalue weighted by molar-refractivity contribution is 0.101. The predicted octanol–water partition coefficient (Wildman–Crippen LogP) is 2.76. The number of carbonyl (C=O) groups excluding carboxylic acids is 1. The number of Topliss-reactive ketones (excluding diaryl/α,β-unsaturated/α-hetero) is 1. The molecule has 6 nitrogen and oxygen atoms in total. The van der Waals surface area contributed by atoms with Crippen LogP contribution in [0.2, 0.25) is 0 Å². The molecule has 3 rings (SSSR count). The van der Waals surface area contributed by atoms with Crippen LogP contribution in [-0.4, -0.2) is 23.4 Å². The molecule has 0 radical (unpaired) electrons. The fourth-order valence-electron chi connectivity index (χ4n) is 3.37. The highest BCUT2D eigenvalue weighted by Gasteiger charge is 2.43. The molecule has 1 fully saturated rings. The van der Waals surface area contributed by atoms with E-state index in [4.69, 9.17) is 11.5 Å². The van der Waals surface area contributed by atoms with E-state index in [-0.39, 0.29) is 11.7 Å². The van der Waals surface area contributed by atoms with Gasteiger partial charge in [-0.15, -0.1) is 0 Å². The molecule has 1 aromatic carbocycles. The van der Waals surface area contributed by atoms with Crippen molar-refractivity contribution in [3.05, 3.63) is 28.2 Å². The molecule has 0 atom stereocenters. The Bertz CT molecular complexity index is 706. The van der Waals surface area contributed by atoms with Crippen molar-refractivity contribution in [1.82, 2.24) is 0 Å². The number of guanidine groups is 2. The van der Waals surface area contributed by atoms with Gasteiger partial charge in [-0.3, -0.25) is 9.69 Å². The summed E-state index contributed by atoms with van der Waals surface area (Å²) in [4.78, 5) is 22.5. The van der Waals surface area contributed by atoms with Crippen molar-refractivity contribution >= 4 is 39.3 Å². The number of hydrogen-bond acceptors (Lipinski definition) is 6. The average molecular weight is 378 g/mol. The molecule has 1 heterocycles. The molecule has 1 spiro atoms. The second-order valence-electron chi connectivity index (χ2n) is 6.04. The SMILES string of the molecule is CC(=O)c1ccc(Br)c(N2C(N)=NC(N)=NC23CCCCC3)c1. The molecule has 0 amide bonds. The zero-order chi connectivity index (χ0) is 16.6.